The van der Waals surface area contributed by atoms with Crippen LogP contribution in [0.15, 0.2) is 41.0 Å². The van der Waals surface area contributed by atoms with Gasteiger partial charge in [-0.15, -0.1) is 0 Å². The molecule has 1 aromatic carbocycles. The van der Waals surface area contributed by atoms with Crippen LogP contribution in [0.1, 0.15) is 39.8 Å². The van der Waals surface area contributed by atoms with Crippen molar-refractivity contribution in [3.8, 4) is 0 Å². The van der Waals surface area contributed by atoms with Gasteiger partial charge in [0, 0.05) is 12.1 Å². The molecular formula is C16H19NO3. The fourth-order valence-corrected chi connectivity index (χ4v) is 2.02. The second kappa shape index (κ2) is 6.39. The number of hydrogen-bond donors (Lipinski definition) is 2. The number of carbonyl (C=O) groups excluding carboxylic acids is 1. The monoisotopic (exact) mass is 273 g/mol. The van der Waals surface area contributed by atoms with Crippen LogP contribution in [0.3, 0.4) is 0 Å². The molecule has 0 saturated heterocycles. The van der Waals surface area contributed by atoms with E-state index in [9.17, 15) is 9.90 Å². The van der Waals surface area contributed by atoms with E-state index in [0.29, 0.717) is 24.3 Å². The van der Waals surface area contributed by atoms with Crippen LogP contribution < -0.4 is 5.32 Å². The minimum Gasteiger partial charge on any atom is -0.467 e. The number of hydrogen-bond acceptors (Lipinski definition) is 3. The van der Waals surface area contributed by atoms with Crippen molar-refractivity contribution in [1.29, 1.82) is 0 Å². The van der Waals surface area contributed by atoms with E-state index in [0.717, 1.165) is 11.1 Å². The molecule has 0 unspecified atom stereocenters. The lowest BCUT2D eigenvalue weighted by Crippen LogP contribution is -2.26. The van der Waals surface area contributed by atoms with E-state index in [1.54, 1.807) is 12.1 Å². The number of amides is 1. The third-order valence-corrected chi connectivity index (χ3v) is 3.21. The fraction of sp³-hybridized carbons (Fsp3) is 0.312. The predicted octanol–water partition coefficient (Wildman–Crippen LogP) is 2.75. The zero-order valence-corrected chi connectivity index (χ0v) is 11.7. The van der Waals surface area contributed by atoms with Crippen LogP contribution in [0.5, 0.6) is 0 Å². The van der Waals surface area contributed by atoms with Gasteiger partial charge in [-0.3, -0.25) is 4.79 Å². The van der Waals surface area contributed by atoms with Crippen molar-refractivity contribution in [2.24, 2.45) is 0 Å². The van der Waals surface area contributed by atoms with Crippen molar-refractivity contribution in [3.63, 3.8) is 0 Å². The van der Waals surface area contributed by atoms with Gasteiger partial charge in [0.1, 0.15) is 11.9 Å². The Labute approximate surface area is 118 Å². The standard InChI is InChI=1S/C16H19NO3/c1-11-5-6-12(2)13(10-11)16(19)17-8-7-14(18)15-4-3-9-20-15/h3-6,9-10,14,18H,7-8H2,1-2H3,(H,17,19)/t14-/m1/s1. The molecule has 2 aromatic rings. The highest BCUT2D eigenvalue weighted by molar-refractivity contribution is 5.95. The molecule has 0 saturated carbocycles. The largest absolute Gasteiger partial charge is 0.467 e. The molecule has 1 aromatic heterocycles. The maximum atomic E-state index is 12.1. The van der Waals surface area contributed by atoms with Gasteiger partial charge in [0.2, 0.25) is 0 Å². The molecule has 0 bridgehead atoms. The first-order chi connectivity index (χ1) is 9.58. The van der Waals surface area contributed by atoms with Crippen molar-refractivity contribution in [2.75, 3.05) is 6.54 Å². The first kappa shape index (κ1) is 14.3. The highest BCUT2D eigenvalue weighted by Gasteiger charge is 2.12. The van der Waals surface area contributed by atoms with Gasteiger partial charge in [0.05, 0.1) is 6.26 Å². The Morgan fingerprint density at radius 2 is 2.15 bits per heavy atom. The quantitative estimate of drug-likeness (QED) is 0.880. The molecule has 0 fully saturated rings. The Balaban J connectivity index is 1.88. The lowest BCUT2D eigenvalue weighted by atomic mass is 10.1. The molecule has 0 spiro atoms. The summed E-state index contributed by atoms with van der Waals surface area (Å²) < 4.78 is 5.11. The zero-order chi connectivity index (χ0) is 14.5. The number of furan rings is 1. The van der Waals surface area contributed by atoms with Crippen molar-refractivity contribution in [2.45, 2.75) is 26.4 Å². The predicted molar refractivity (Wildman–Crippen MR) is 76.5 cm³/mol. The zero-order valence-electron chi connectivity index (χ0n) is 11.7. The molecule has 20 heavy (non-hydrogen) atoms. The van der Waals surface area contributed by atoms with Crippen LogP contribution >= 0.6 is 0 Å². The van der Waals surface area contributed by atoms with E-state index in [-0.39, 0.29) is 5.91 Å². The smallest absolute Gasteiger partial charge is 0.251 e. The molecule has 0 aliphatic rings. The average Bonchev–Trinajstić information content (AvgIpc) is 2.95. The van der Waals surface area contributed by atoms with Gasteiger partial charge in [-0.2, -0.15) is 0 Å². The number of benzene rings is 1. The van der Waals surface area contributed by atoms with Crippen LogP contribution in [-0.4, -0.2) is 17.6 Å². The molecule has 1 amide bonds. The summed E-state index contributed by atoms with van der Waals surface area (Å²) in [4.78, 5) is 12.1. The fourth-order valence-electron chi connectivity index (χ4n) is 2.02. The summed E-state index contributed by atoms with van der Waals surface area (Å²) in [6.45, 7) is 4.26. The van der Waals surface area contributed by atoms with Gasteiger partial charge in [0.25, 0.3) is 5.91 Å². The first-order valence-electron chi connectivity index (χ1n) is 6.65. The van der Waals surface area contributed by atoms with Gasteiger partial charge < -0.3 is 14.8 Å². The van der Waals surface area contributed by atoms with E-state index in [1.807, 2.05) is 32.0 Å². The molecule has 2 rings (SSSR count). The van der Waals surface area contributed by atoms with Crippen molar-refractivity contribution in [3.05, 3.63) is 59.0 Å². The normalized spacial score (nSPS) is 12.2. The molecule has 106 valence electrons. The number of aliphatic hydroxyl groups is 1. The molecule has 0 aliphatic heterocycles. The maximum Gasteiger partial charge on any atom is 0.251 e. The first-order valence-corrected chi connectivity index (χ1v) is 6.65. The molecule has 1 heterocycles. The second-order valence-electron chi connectivity index (χ2n) is 4.89. The van der Waals surface area contributed by atoms with Crippen LogP contribution in [0.4, 0.5) is 0 Å². The molecule has 4 nitrogen and oxygen atoms in total. The topological polar surface area (TPSA) is 62.5 Å². The van der Waals surface area contributed by atoms with Gasteiger partial charge in [-0.1, -0.05) is 17.7 Å². The second-order valence-corrected chi connectivity index (χ2v) is 4.89. The highest BCUT2D eigenvalue weighted by Crippen LogP contribution is 2.16. The van der Waals surface area contributed by atoms with Crippen molar-refractivity contribution >= 4 is 5.91 Å². The molecular weight excluding hydrogens is 254 g/mol. The van der Waals surface area contributed by atoms with Gasteiger partial charge in [-0.25, -0.2) is 0 Å². The molecule has 2 N–H and O–H groups in total. The summed E-state index contributed by atoms with van der Waals surface area (Å²) in [7, 11) is 0. The summed E-state index contributed by atoms with van der Waals surface area (Å²) in [5, 5.41) is 12.7. The third-order valence-electron chi connectivity index (χ3n) is 3.21. The van der Waals surface area contributed by atoms with Gasteiger partial charge >= 0.3 is 0 Å². The number of aliphatic hydroxyl groups excluding tert-OH is 1. The summed E-state index contributed by atoms with van der Waals surface area (Å²) in [5.41, 5.74) is 2.67. The number of aryl methyl sites for hydroxylation is 2. The Morgan fingerprint density at radius 3 is 2.85 bits per heavy atom. The van der Waals surface area contributed by atoms with Crippen LogP contribution in [0, 0.1) is 13.8 Å². The van der Waals surface area contributed by atoms with E-state index in [4.69, 9.17) is 4.42 Å². The molecule has 0 aliphatic carbocycles. The van der Waals surface area contributed by atoms with Gasteiger partial charge in [0.15, 0.2) is 0 Å². The minimum absolute atomic E-state index is 0.113. The van der Waals surface area contributed by atoms with E-state index >= 15 is 0 Å². The maximum absolute atomic E-state index is 12.1. The van der Waals surface area contributed by atoms with E-state index in [2.05, 4.69) is 5.32 Å². The van der Waals surface area contributed by atoms with Crippen LogP contribution in [0.2, 0.25) is 0 Å². The third kappa shape index (κ3) is 3.48. The Morgan fingerprint density at radius 1 is 1.35 bits per heavy atom. The van der Waals surface area contributed by atoms with Crippen LogP contribution in [-0.2, 0) is 0 Å². The number of carbonyl (C=O) groups is 1. The Hall–Kier alpha value is -2.07. The van der Waals surface area contributed by atoms with Crippen LogP contribution in [0.25, 0.3) is 0 Å². The number of rotatable bonds is 5. The van der Waals surface area contributed by atoms with Gasteiger partial charge in [-0.05, 0) is 44.0 Å². The van der Waals surface area contributed by atoms with Crippen molar-refractivity contribution in [1.82, 2.24) is 5.32 Å². The Kier molecular flexibility index (Phi) is 4.58. The molecule has 0 radical (unpaired) electrons. The lowest BCUT2D eigenvalue weighted by molar-refractivity contribution is 0.0935. The van der Waals surface area contributed by atoms with E-state index in [1.165, 1.54) is 6.26 Å². The Bertz CT molecular complexity index is 575. The molecule has 4 heteroatoms. The minimum atomic E-state index is -0.691. The lowest BCUT2D eigenvalue weighted by Gasteiger charge is -2.10. The van der Waals surface area contributed by atoms with E-state index < -0.39 is 6.10 Å². The highest BCUT2D eigenvalue weighted by atomic mass is 16.4. The summed E-state index contributed by atoms with van der Waals surface area (Å²) in [6.07, 6.45) is 1.25. The van der Waals surface area contributed by atoms with Crippen molar-refractivity contribution < 1.29 is 14.3 Å². The summed E-state index contributed by atoms with van der Waals surface area (Å²) in [6, 6.07) is 9.23. The summed E-state index contributed by atoms with van der Waals surface area (Å²) in [5.74, 6) is 0.406. The summed E-state index contributed by atoms with van der Waals surface area (Å²) >= 11 is 0. The molecule has 1 atom stereocenters. The number of nitrogens with one attached hydrogen (secondary N) is 1. The average molecular weight is 273 g/mol. The SMILES string of the molecule is Cc1ccc(C)c(C(=O)NCC[C@@H](O)c2ccco2)c1.